The average molecular weight is 368 g/mol. The van der Waals surface area contributed by atoms with Crippen molar-refractivity contribution >= 4 is 11.8 Å². The highest BCUT2D eigenvalue weighted by molar-refractivity contribution is 5.95. The van der Waals surface area contributed by atoms with E-state index in [9.17, 15) is 9.59 Å². The first-order valence-corrected chi connectivity index (χ1v) is 9.71. The first-order valence-electron chi connectivity index (χ1n) is 9.71. The summed E-state index contributed by atoms with van der Waals surface area (Å²) >= 11 is 0. The van der Waals surface area contributed by atoms with Crippen LogP contribution in [0.5, 0.6) is 0 Å². The summed E-state index contributed by atoms with van der Waals surface area (Å²) in [5.41, 5.74) is 1.35. The fourth-order valence-electron chi connectivity index (χ4n) is 3.64. The second-order valence-electron chi connectivity index (χ2n) is 7.63. The standard InChI is InChI=1S/C22H28N2O3/c1-16(2)20(23-21(25)19-9-6-14-27-19)22(26)24-12-10-18(11-13-24)15-17-7-4-3-5-8-17/h3-9,14,16,18,20H,10-13,15H2,1-2H3,(H,23,25)/t20-/m1/s1. The van der Waals surface area contributed by atoms with Crippen LogP contribution in [0.2, 0.25) is 0 Å². The lowest BCUT2D eigenvalue weighted by Crippen LogP contribution is -2.53. The molecule has 144 valence electrons. The van der Waals surface area contributed by atoms with Crippen LogP contribution in [-0.4, -0.2) is 35.8 Å². The van der Waals surface area contributed by atoms with Gasteiger partial charge in [-0.1, -0.05) is 44.2 Å². The summed E-state index contributed by atoms with van der Waals surface area (Å²) in [5, 5.41) is 2.84. The minimum absolute atomic E-state index is 0.00284. The molecular formula is C22H28N2O3. The van der Waals surface area contributed by atoms with E-state index in [-0.39, 0.29) is 23.5 Å². The number of piperidine rings is 1. The highest BCUT2D eigenvalue weighted by atomic mass is 16.3. The second-order valence-corrected chi connectivity index (χ2v) is 7.63. The van der Waals surface area contributed by atoms with Gasteiger partial charge in [0.15, 0.2) is 5.76 Å². The van der Waals surface area contributed by atoms with Crippen molar-refractivity contribution in [1.82, 2.24) is 10.2 Å². The van der Waals surface area contributed by atoms with Crippen molar-refractivity contribution in [2.24, 2.45) is 11.8 Å². The van der Waals surface area contributed by atoms with Gasteiger partial charge in [0.1, 0.15) is 6.04 Å². The highest BCUT2D eigenvalue weighted by Gasteiger charge is 2.31. The largest absolute Gasteiger partial charge is 0.459 e. The van der Waals surface area contributed by atoms with Gasteiger partial charge in [0, 0.05) is 13.1 Å². The third-order valence-electron chi connectivity index (χ3n) is 5.26. The van der Waals surface area contributed by atoms with Gasteiger partial charge in [-0.2, -0.15) is 0 Å². The Morgan fingerprint density at radius 1 is 1.11 bits per heavy atom. The summed E-state index contributed by atoms with van der Waals surface area (Å²) in [6.45, 7) is 5.40. The third-order valence-corrected chi connectivity index (χ3v) is 5.26. The molecule has 0 bridgehead atoms. The normalized spacial score (nSPS) is 16.3. The summed E-state index contributed by atoms with van der Waals surface area (Å²) in [4.78, 5) is 27.2. The van der Waals surface area contributed by atoms with Crippen LogP contribution in [0.15, 0.2) is 53.1 Å². The molecular weight excluding hydrogens is 340 g/mol. The van der Waals surface area contributed by atoms with E-state index in [1.54, 1.807) is 12.1 Å². The van der Waals surface area contributed by atoms with E-state index in [0.29, 0.717) is 5.92 Å². The monoisotopic (exact) mass is 368 g/mol. The van der Waals surface area contributed by atoms with Crippen LogP contribution in [0, 0.1) is 11.8 Å². The summed E-state index contributed by atoms with van der Waals surface area (Å²) in [6, 6.07) is 13.2. The Morgan fingerprint density at radius 3 is 2.41 bits per heavy atom. The summed E-state index contributed by atoms with van der Waals surface area (Å²) < 4.78 is 5.13. The number of amides is 2. The molecule has 1 saturated heterocycles. The lowest BCUT2D eigenvalue weighted by molar-refractivity contribution is -0.135. The van der Waals surface area contributed by atoms with E-state index in [1.807, 2.05) is 24.8 Å². The molecule has 1 aromatic heterocycles. The van der Waals surface area contributed by atoms with Gasteiger partial charge in [-0.05, 0) is 48.8 Å². The maximum Gasteiger partial charge on any atom is 0.287 e. The molecule has 5 nitrogen and oxygen atoms in total. The number of nitrogens with zero attached hydrogens (tertiary/aromatic N) is 1. The minimum atomic E-state index is -0.534. The minimum Gasteiger partial charge on any atom is -0.459 e. The predicted octanol–water partition coefficient (Wildman–Crippen LogP) is 3.52. The molecule has 1 N–H and O–H groups in total. The van der Waals surface area contributed by atoms with Crippen molar-refractivity contribution in [3.05, 3.63) is 60.1 Å². The molecule has 5 heteroatoms. The van der Waals surface area contributed by atoms with Crippen molar-refractivity contribution in [1.29, 1.82) is 0 Å². The van der Waals surface area contributed by atoms with Crippen LogP contribution in [0.3, 0.4) is 0 Å². The smallest absolute Gasteiger partial charge is 0.287 e. The Kier molecular flexibility index (Phi) is 6.32. The fraction of sp³-hybridized carbons (Fsp3) is 0.455. The van der Waals surface area contributed by atoms with Gasteiger partial charge >= 0.3 is 0 Å². The zero-order chi connectivity index (χ0) is 19.2. The highest BCUT2D eigenvalue weighted by Crippen LogP contribution is 2.23. The topological polar surface area (TPSA) is 62.6 Å². The van der Waals surface area contributed by atoms with E-state index in [1.165, 1.54) is 11.8 Å². The number of likely N-dealkylation sites (tertiary alicyclic amines) is 1. The SMILES string of the molecule is CC(C)[C@@H](NC(=O)c1ccco1)C(=O)N1CCC(Cc2ccccc2)CC1. The molecule has 3 rings (SSSR count). The Bertz CT molecular complexity index is 732. The predicted molar refractivity (Wildman–Crippen MR) is 104 cm³/mol. The van der Waals surface area contributed by atoms with Gasteiger partial charge in [-0.25, -0.2) is 0 Å². The first kappa shape index (κ1) is 19.2. The van der Waals surface area contributed by atoms with Crippen LogP contribution in [-0.2, 0) is 11.2 Å². The van der Waals surface area contributed by atoms with Crippen LogP contribution < -0.4 is 5.32 Å². The average Bonchev–Trinajstić information content (AvgIpc) is 3.21. The molecule has 1 atom stereocenters. The zero-order valence-corrected chi connectivity index (χ0v) is 16.1. The Hall–Kier alpha value is -2.56. The lowest BCUT2D eigenvalue weighted by Gasteiger charge is -2.35. The van der Waals surface area contributed by atoms with E-state index in [0.717, 1.165) is 32.4 Å². The molecule has 2 aromatic rings. The number of benzene rings is 1. The molecule has 27 heavy (non-hydrogen) atoms. The number of hydrogen-bond donors (Lipinski definition) is 1. The first-order chi connectivity index (χ1) is 13.0. The fourth-order valence-corrected chi connectivity index (χ4v) is 3.64. The molecule has 0 saturated carbocycles. The molecule has 1 fully saturated rings. The van der Waals surface area contributed by atoms with E-state index < -0.39 is 6.04 Å². The van der Waals surface area contributed by atoms with Gasteiger partial charge in [0.25, 0.3) is 5.91 Å². The van der Waals surface area contributed by atoms with Gasteiger partial charge in [-0.3, -0.25) is 9.59 Å². The van der Waals surface area contributed by atoms with Crippen molar-refractivity contribution in [2.75, 3.05) is 13.1 Å². The number of hydrogen-bond acceptors (Lipinski definition) is 3. The van der Waals surface area contributed by atoms with Crippen molar-refractivity contribution < 1.29 is 14.0 Å². The number of nitrogens with one attached hydrogen (secondary N) is 1. The van der Waals surface area contributed by atoms with E-state index in [2.05, 4.69) is 29.6 Å². The number of rotatable bonds is 6. The zero-order valence-electron chi connectivity index (χ0n) is 16.1. The maximum atomic E-state index is 13.0. The molecule has 1 aromatic carbocycles. The molecule has 1 aliphatic rings. The van der Waals surface area contributed by atoms with Gasteiger partial charge < -0.3 is 14.6 Å². The second kappa shape index (κ2) is 8.89. The maximum absolute atomic E-state index is 13.0. The Balaban J connectivity index is 1.55. The summed E-state index contributed by atoms with van der Waals surface area (Å²) in [5.74, 6) is 0.509. The van der Waals surface area contributed by atoms with E-state index in [4.69, 9.17) is 4.42 Å². The number of carbonyl (C=O) groups excluding carboxylic acids is 2. The molecule has 0 spiro atoms. The third kappa shape index (κ3) is 5.00. The van der Waals surface area contributed by atoms with Gasteiger partial charge in [0.05, 0.1) is 6.26 Å². The molecule has 0 unspecified atom stereocenters. The molecule has 2 amide bonds. The van der Waals surface area contributed by atoms with Crippen molar-refractivity contribution in [2.45, 2.75) is 39.2 Å². The molecule has 1 aliphatic heterocycles. The number of furan rings is 1. The molecule has 2 heterocycles. The van der Waals surface area contributed by atoms with Crippen molar-refractivity contribution in [3.63, 3.8) is 0 Å². The lowest BCUT2D eigenvalue weighted by atomic mass is 9.89. The van der Waals surface area contributed by atoms with Crippen molar-refractivity contribution in [3.8, 4) is 0 Å². The van der Waals surface area contributed by atoms with Crippen LogP contribution in [0.1, 0.15) is 42.8 Å². The molecule has 0 radical (unpaired) electrons. The molecule has 0 aliphatic carbocycles. The van der Waals surface area contributed by atoms with Gasteiger partial charge in [0.2, 0.25) is 5.91 Å². The Labute approximate surface area is 160 Å². The summed E-state index contributed by atoms with van der Waals surface area (Å²) in [7, 11) is 0. The summed E-state index contributed by atoms with van der Waals surface area (Å²) in [6.07, 6.45) is 4.51. The van der Waals surface area contributed by atoms with E-state index >= 15 is 0 Å². The van der Waals surface area contributed by atoms with Crippen LogP contribution >= 0.6 is 0 Å². The Morgan fingerprint density at radius 2 is 1.81 bits per heavy atom. The van der Waals surface area contributed by atoms with Crippen LogP contribution in [0.4, 0.5) is 0 Å². The van der Waals surface area contributed by atoms with Gasteiger partial charge in [-0.15, -0.1) is 0 Å². The quantitative estimate of drug-likeness (QED) is 0.849. The number of carbonyl (C=O) groups is 2. The van der Waals surface area contributed by atoms with Crippen LogP contribution in [0.25, 0.3) is 0 Å².